The van der Waals surface area contributed by atoms with E-state index < -0.39 is 31.5 Å². The number of hydrogen-bond donors (Lipinski definition) is 3. The summed E-state index contributed by atoms with van der Waals surface area (Å²) in [5, 5.41) is 15.8. The lowest BCUT2D eigenvalue weighted by atomic mass is 10.1. The first-order chi connectivity index (χ1) is 13.1. The van der Waals surface area contributed by atoms with E-state index >= 15 is 0 Å². The molecule has 0 spiro atoms. The fourth-order valence-corrected chi connectivity index (χ4v) is 4.22. The number of hydrogen-bond acceptors (Lipinski definition) is 8. The second-order valence-electron chi connectivity index (χ2n) is 6.24. The normalized spacial score (nSPS) is 13.1. The SMILES string of the molecule is CCC[C@H](C)Nc1c(Nc2ccc(Cl)c(S(=O)(=O)N(C)OC)c2O)c(=O)c1=O. The van der Waals surface area contributed by atoms with E-state index in [9.17, 15) is 23.1 Å². The molecule has 0 heterocycles. The van der Waals surface area contributed by atoms with E-state index in [2.05, 4.69) is 15.5 Å². The van der Waals surface area contributed by atoms with E-state index in [0.29, 0.717) is 4.47 Å². The van der Waals surface area contributed by atoms with Crippen molar-refractivity contribution in [3.63, 3.8) is 0 Å². The third kappa shape index (κ3) is 4.00. The lowest BCUT2D eigenvalue weighted by molar-refractivity contribution is -0.0259. The number of phenols is 1. The Bertz CT molecular complexity index is 1050. The van der Waals surface area contributed by atoms with Gasteiger partial charge in [0.25, 0.3) is 20.9 Å². The molecule has 0 fully saturated rings. The Morgan fingerprint density at radius 1 is 1.25 bits per heavy atom. The Hall–Kier alpha value is -2.14. The van der Waals surface area contributed by atoms with Crippen LogP contribution >= 0.6 is 11.6 Å². The monoisotopic (exact) mass is 431 g/mol. The Balaban J connectivity index is 2.45. The summed E-state index contributed by atoms with van der Waals surface area (Å²) in [5.41, 5.74) is -1.48. The summed E-state index contributed by atoms with van der Waals surface area (Å²) in [6, 6.07) is 2.51. The largest absolute Gasteiger partial charge is 0.504 e. The molecule has 3 N–H and O–H groups in total. The van der Waals surface area contributed by atoms with Crippen molar-refractivity contribution in [3.05, 3.63) is 37.6 Å². The van der Waals surface area contributed by atoms with Gasteiger partial charge in [-0.15, -0.1) is 0 Å². The second kappa shape index (κ2) is 8.48. The van der Waals surface area contributed by atoms with Gasteiger partial charge >= 0.3 is 0 Å². The van der Waals surface area contributed by atoms with Crippen molar-refractivity contribution in [2.45, 2.75) is 37.6 Å². The summed E-state index contributed by atoms with van der Waals surface area (Å²) in [6.07, 6.45) is 1.68. The van der Waals surface area contributed by atoms with Gasteiger partial charge in [0.05, 0.1) is 17.8 Å². The first-order valence-corrected chi connectivity index (χ1v) is 10.3. The summed E-state index contributed by atoms with van der Waals surface area (Å²) in [7, 11) is -1.98. The quantitative estimate of drug-likeness (QED) is 0.313. The van der Waals surface area contributed by atoms with E-state index in [1.807, 2.05) is 13.8 Å². The smallest absolute Gasteiger partial charge is 0.269 e. The zero-order chi connectivity index (χ0) is 21.2. The van der Waals surface area contributed by atoms with E-state index in [1.54, 1.807) is 0 Å². The van der Waals surface area contributed by atoms with Crippen molar-refractivity contribution < 1.29 is 18.4 Å². The minimum Gasteiger partial charge on any atom is -0.504 e. The molecule has 154 valence electrons. The fraction of sp³-hybridized carbons (Fsp3) is 0.412. The molecule has 0 amide bonds. The molecule has 28 heavy (non-hydrogen) atoms. The zero-order valence-corrected chi connectivity index (χ0v) is 17.4. The molecular formula is C17H22ClN3O6S. The number of halogens is 1. The predicted octanol–water partition coefficient (Wildman–Crippen LogP) is 2.17. The van der Waals surface area contributed by atoms with Gasteiger partial charge in [-0.25, -0.2) is 8.42 Å². The molecule has 0 aliphatic rings. The Kier molecular flexibility index (Phi) is 6.71. The van der Waals surface area contributed by atoms with Gasteiger partial charge in [0.1, 0.15) is 16.3 Å². The first-order valence-electron chi connectivity index (χ1n) is 8.47. The number of anilines is 3. The lowest BCUT2D eigenvalue weighted by Crippen LogP contribution is -2.38. The maximum absolute atomic E-state index is 12.5. The number of phenolic OH excluding ortho intramolecular Hbond substituents is 1. The van der Waals surface area contributed by atoms with E-state index in [1.165, 1.54) is 12.1 Å². The number of hydroxylamine groups is 1. The van der Waals surface area contributed by atoms with Crippen LogP contribution < -0.4 is 21.5 Å². The predicted molar refractivity (Wildman–Crippen MR) is 108 cm³/mol. The van der Waals surface area contributed by atoms with Gasteiger partial charge in [-0.2, -0.15) is 0 Å². The number of rotatable bonds is 9. The molecule has 9 nitrogen and oxygen atoms in total. The molecule has 0 saturated carbocycles. The minimum atomic E-state index is -4.26. The highest BCUT2D eigenvalue weighted by Gasteiger charge is 2.30. The summed E-state index contributed by atoms with van der Waals surface area (Å²) in [4.78, 5) is 27.9. The maximum Gasteiger partial charge on any atom is 0.269 e. The van der Waals surface area contributed by atoms with Gasteiger partial charge in [0.15, 0.2) is 5.75 Å². The summed E-state index contributed by atoms with van der Waals surface area (Å²) < 4.78 is 25.6. The van der Waals surface area contributed by atoms with Crippen LogP contribution in [0.25, 0.3) is 0 Å². The number of sulfonamides is 1. The van der Waals surface area contributed by atoms with E-state index in [4.69, 9.17) is 11.6 Å². The topological polar surface area (TPSA) is 125 Å². The third-order valence-corrected chi connectivity index (χ3v) is 6.40. The Labute approximate surface area is 167 Å². The highest BCUT2D eigenvalue weighted by atomic mass is 35.5. The lowest BCUT2D eigenvalue weighted by Gasteiger charge is -2.21. The van der Waals surface area contributed by atoms with Crippen molar-refractivity contribution in [1.82, 2.24) is 4.47 Å². The molecule has 0 unspecified atom stereocenters. The van der Waals surface area contributed by atoms with Crippen LogP contribution in [0, 0.1) is 0 Å². The highest BCUT2D eigenvalue weighted by Crippen LogP contribution is 2.39. The van der Waals surface area contributed by atoms with Crippen LogP contribution in [-0.4, -0.2) is 38.2 Å². The zero-order valence-electron chi connectivity index (χ0n) is 15.9. The molecule has 2 rings (SSSR count). The first kappa shape index (κ1) is 22.2. The number of aromatic hydroxyl groups is 1. The van der Waals surface area contributed by atoms with Crippen LogP contribution in [-0.2, 0) is 14.9 Å². The van der Waals surface area contributed by atoms with E-state index in [0.717, 1.165) is 27.0 Å². The van der Waals surface area contributed by atoms with Crippen molar-refractivity contribution in [3.8, 4) is 5.75 Å². The molecular weight excluding hydrogens is 410 g/mol. The van der Waals surface area contributed by atoms with Crippen LogP contribution in [0.1, 0.15) is 26.7 Å². The van der Waals surface area contributed by atoms with Crippen molar-refractivity contribution in [1.29, 1.82) is 0 Å². The molecule has 2 aromatic carbocycles. The minimum absolute atomic E-state index is 0.0426. The van der Waals surface area contributed by atoms with Gasteiger partial charge in [0.2, 0.25) is 0 Å². The van der Waals surface area contributed by atoms with Gasteiger partial charge in [-0.05, 0) is 25.5 Å². The van der Waals surface area contributed by atoms with Crippen molar-refractivity contribution in [2.75, 3.05) is 24.8 Å². The number of nitrogens with one attached hydrogen (secondary N) is 2. The maximum atomic E-state index is 12.5. The second-order valence-corrected chi connectivity index (χ2v) is 8.52. The standard InChI is InChI=1S/C17H22ClN3O6S/c1-5-6-9(2)19-12-13(16(24)15(12)23)20-11-8-7-10(18)17(14(11)22)28(25,26)21(3)27-4/h7-9,19-20,22H,5-6H2,1-4H3/t9-/m0/s1. The Morgan fingerprint density at radius 3 is 2.43 bits per heavy atom. The van der Waals surface area contributed by atoms with Crippen molar-refractivity contribution in [2.24, 2.45) is 0 Å². The average molecular weight is 432 g/mol. The van der Waals surface area contributed by atoms with Gasteiger partial charge in [0, 0.05) is 13.1 Å². The number of benzene rings is 1. The Morgan fingerprint density at radius 2 is 1.86 bits per heavy atom. The molecule has 0 radical (unpaired) electrons. The van der Waals surface area contributed by atoms with Crippen LogP contribution in [0.5, 0.6) is 5.75 Å². The molecule has 11 heteroatoms. The number of nitrogens with zero attached hydrogens (tertiary/aromatic N) is 1. The van der Waals surface area contributed by atoms with Gasteiger partial charge in [-0.3, -0.25) is 14.4 Å². The molecule has 0 aliphatic heterocycles. The highest BCUT2D eigenvalue weighted by molar-refractivity contribution is 7.89. The molecule has 0 aliphatic carbocycles. The molecule has 0 aromatic heterocycles. The summed E-state index contributed by atoms with van der Waals surface area (Å²) in [6.45, 7) is 3.86. The molecule has 1 atom stereocenters. The van der Waals surface area contributed by atoms with E-state index in [-0.39, 0.29) is 28.1 Å². The average Bonchev–Trinajstić information content (AvgIpc) is 2.65. The fourth-order valence-electron chi connectivity index (χ4n) is 2.65. The van der Waals surface area contributed by atoms with Crippen LogP contribution in [0.2, 0.25) is 5.02 Å². The van der Waals surface area contributed by atoms with Crippen LogP contribution in [0.15, 0.2) is 26.6 Å². The third-order valence-electron chi connectivity index (χ3n) is 4.22. The van der Waals surface area contributed by atoms with Gasteiger partial charge in [-0.1, -0.05) is 29.4 Å². The van der Waals surface area contributed by atoms with Gasteiger partial charge < -0.3 is 15.7 Å². The molecule has 2 aromatic rings. The van der Waals surface area contributed by atoms with Crippen LogP contribution in [0.4, 0.5) is 17.1 Å². The van der Waals surface area contributed by atoms with Crippen LogP contribution in [0.3, 0.4) is 0 Å². The summed E-state index contributed by atoms with van der Waals surface area (Å²) >= 11 is 5.96. The van der Waals surface area contributed by atoms with Crippen molar-refractivity contribution >= 4 is 38.7 Å². The molecule has 0 saturated heterocycles. The summed E-state index contributed by atoms with van der Waals surface area (Å²) in [5.74, 6) is -0.697. The molecule has 0 bridgehead atoms.